The van der Waals surface area contributed by atoms with E-state index in [2.05, 4.69) is 21.2 Å². The summed E-state index contributed by atoms with van der Waals surface area (Å²) in [6.07, 6.45) is 1.24. The Hall–Kier alpha value is -1.12. The van der Waals surface area contributed by atoms with E-state index >= 15 is 0 Å². The number of carbonyl (C=O) groups is 1. The molecule has 1 heterocycles. The van der Waals surface area contributed by atoms with Crippen LogP contribution in [0, 0.1) is 5.92 Å². The monoisotopic (exact) mass is 490 g/mol. The first-order chi connectivity index (χ1) is 12.8. The van der Waals surface area contributed by atoms with Crippen molar-refractivity contribution in [2.45, 2.75) is 17.7 Å². The van der Waals surface area contributed by atoms with Gasteiger partial charge < -0.3 is 5.32 Å². The van der Waals surface area contributed by atoms with Crippen LogP contribution in [0.3, 0.4) is 0 Å². The quantitative estimate of drug-likeness (QED) is 0.668. The van der Waals surface area contributed by atoms with Crippen LogP contribution in [0.4, 0.5) is 5.69 Å². The zero-order chi connectivity index (χ0) is 19.6. The number of amides is 1. The van der Waals surface area contributed by atoms with Crippen molar-refractivity contribution in [1.82, 2.24) is 4.31 Å². The molecule has 0 radical (unpaired) electrons. The highest BCUT2D eigenvalue weighted by atomic mass is 79.9. The van der Waals surface area contributed by atoms with E-state index < -0.39 is 15.9 Å². The summed E-state index contributed by atoms with van der Waals surface area (Å²) in [4.78, 5) is 12.8. The zero-order valence-electron chi connectivity index (χ0n) is 14.2. The van der Waals surface area contributed by atoms with Gasteiger partial charge in [0.25, 0.3) is 0 Å². The Morgan fingerprint density at radius 3 is 2.52 bits per heavy atom. The van der Waals surface area contributed by atoms with Crippen molar-refractivity contribution >= 4 is 60.7 Å². The number of nitrogens with zero attached hydrogens (tertiary/aromatic N) is 1. The zero-order valence-corrected chi connectivity index (χ0v) is 18.1. The number of carbonyl (C=O) groups excluding carboxylic acids is 1. The minimum atomic E-state index is -3.66. The second-order valence-corrected chi connectivity index (χ2v) is 9.91. The summed E-state index contributed by atoms with van der Waals surface area (Å²) in [7, 11) is -3.66. The summed E-state index contributed by atoms with van der Waals surface area (Å²) < 4.78 is 27.8. The molecule has 0 spiro atoms. The highest BCUT2D eigenvalue weighted by Gasteiger charge is 2.33. The molecule has 1 atom stereocenters. The van der Waals surface area contributed by atoms with Crippen LogP contribution in [0.5, 0.6) is 0 Å². The van der Waals surface area contributed by atoms with Gasteiger partial charge in [-0.15, -0.1) is 0 Å². The number of hydrogen-bond donors (Lipinski definition) is 1. The predicted molar refractivity (Wildman–Crippen MR) is 111 cm³/mol. The van der Waals surface area contributed by atoms with E-state index in [-0.39, 0.29) is 17.3 Å². The summed E-state index contributed by atoms with van der Waals surface area (Å²) in [6.45, 7) is 0.528. The summed E-state index contributed by atoms with van der Waals surface area (Å²) >= 11 is 15.2. The van der Waals surface area contributed by atoms with Crippen LogP contribution in [0.2, 0.25) is 10.0 Å². The summed E-state index contributed by atoms with van der Waals surface area (Å²) in [5.74, 6) is -0.646. The molecule has 1 saturated heterocycles. The van der Waals surface area contributed by atoms with Crippen molar-refractivity contribution < 1.29 is 13.2 Å². The SMILES string of the molecule is O=C(Nc1ccc(Br)c(Cl)c1)[C@H]1CCCN(S(=O)(=O)c2ccc(Cl)cc2)C1. The van der Waals surface area contributed by atoms with Gasteiger partial charge in [-0.1, -0.05) is 23.2 Å². The summed E-state index contributed by atoms with van der Waals surface area (Å²) in [6, 6.07) is 11.2. The fraction of sp³-hybridized carbons (Fsp3) is 0.278. The Labute approximate surface area is 176 Å². The molecule has 0 unspecified atom stereocenters. The Morgan fingerprint density at radius 1 is 1.15 bits per heavy atom. The van der Waals surface area contributed by atoms with Crippen LogP contribution in [0.25, 0.3) is 0 Å². The normalized spacial score (nSPS) is 18.3. The highest BCUT2D eigenvalue weighted by molar-refractivity contribution is 9.10. The smallest absolute Gasteiger partial charge is 0.243 e. The fourth-order valence-corrected chi connectivity index (χ4v) is 5.03. The Kier molecular flexibility index (Phi) is 6.48. The summed E-state index contributed by atoms with van der Waals surface area (Å²) in [5.41, 5.74) is 0.575. The number of piperidine rings is 1. The molecule has 0 aliphatic carbocycles. The average Bonchev–Trinajstić information content (AvgIpc) is 2.65. The number of anilines is 1. The maximum Gasteiger partial charge on any atom is 0.243 e. The van der Waals surface area contributed by atoms with E-state index in [0.29, 0.717) is 35.1 Å². The molecule has 0 saturated carbocycles. The molecular formula is C18H17BrCl2N2O3S. The number of benzene rings is 2. The lowest BCUT2D eigenvalue weighted by Crippen LogP contribution is -2.43. The van der Waals surface area contributed by atoms with Crippen molar-refractivity contribution in [3.05, 3.63) is 57.0 Å². The number of hydrogen-bond acceptors (Lipinski definition) is 3. The molecule has 144 valence electrons. The molecule has 1 amide bonds. The molecule has 2 aromatic rings. The van der Waals surface area contributed by atoms with E-state index in [4.69, 9.17) is 23.2 Å². The maximum atomic E-state index is 12.8. The van der Waals surface area contributed by atoms with Crippen molar-refractivity contribution in [2.75, 3.05) is 18.4 Å². The first-order valence-corrected chi connectivity index (χ1v) is 11.3. The van der Waals surface area contributed by atoms with Crippen molar-refractivity contribution in [3.8, 4) is 0 Å². The van der Waals surface area contributed by atoms with Crippen molar-refractivity contribution in [2.24, 2.45) is 5.92 Å². The predicted octanol–water partition coefficient (Wildman–Crippen LogP) is 4.80. The van der Waals surface area contributed by atoms with Gasteiger partial charge in [0.1, 0.15) is 0 Å². The fourth-order valence-electron chi connectivity index (χ4n) is 2.95. The van der Waals surface area contributed by atoms with Crippen LogP contribution in [-0.4, -0.2) is 31.7 Å². The lowest BCUT2D eigenvalue weighted by Gasteiger charge is -2.31. The molecule has 5 nitrogen and oxygen atoms in total. The lowest BCUT2D eigenvalue weighted by molar-refractivity contribution is -0.120. The second kappa shape index (κ2) is 8.49. The van der Waals surface area contributed by atoms with Gasteiger partial charge in [-0.2, -0.15) is 4.31 Å². The molecular weight excluding hydrogens is 475 g/mol. The Balaban J connectivity index is 1.72. The van der Waals surface area contributed by atoms with Gasteiger partial charge in [0, 0.05) is 28.3 Å². The van der Waals surface area contributed by atoms with Crippen LogP contribution < -0.4 is 5.32 Å². The second-order valence-electron chi connectivity index (χ2n) is 6.27. The molecule has 0 bridgehead atoms. The summed E-state index contributed by atoms with van der Waals surface area (Å²) in [5, 5.41) is 3.78. The number of halogens is 3. The van der Waals surface area contributed by atoms with Gasteiger partial charge in [-0.25, -0.2) is 8.42 Å². The third kappa shape index (κ3) is 4.84. The van der Waals surface area contributed by atoms with E-state index in [1.807, 2.05) is 0 Å². The number of nitrogens with one attached hydrogen (secondary N) is 1. The third-order valence-corrected chi connectivity index (χ3v) is 7.76. The molecule has 1 fully saturated rings. The first-order valence-electron chi connectivity index (χ1n) is 8.29. The third-order valence-electron chi connectivity index (χ3n) is 4.39. The van der Waals surface area contributed by atoms with Crippen LogP contribution in [-0.2, 0) is 14.8 Å². The molecule has 27 heavy (non-hydrogen) atoms. The van der Waals surface area contributed by atoms with Gasteiger partial charge in [-0.05, 0) is 71.2 Å². The molecule has 9 heteroatoms. The molecule has 2 aromatic carbocycles. The largest absolute Gasteiger partial charge is 0.326 e. The van der Waals surface area contributed by atoms with E-state index in [1.165, 1.54) is 16.4 Å². The average molecular weight is 492 g/mol. The minimum absolute atomic E-state index is 0.140. The Morgan fingerprint density at radius 2 is 1.85 bits per heavy atom. The van der Waals surface area contributed by atoms with Crippen molar-refractivity contribution in [1.29, 1.82) is 0 Å². The topological polar surface area (TPSA) is 66.5 Å². The standard InChI is InChI=1S/C18H17BrCl2N2O3S/c19-16-8-5-14(10-17(16)21)22-18(24)12-2-1-9-23(11-12)27(25,26)15-6-3-13(20)4-7-15/h3-8,10,12H,1-2,9,11H2,(H,22,24)/t12-/m0/s1. The van der Waals surface area contributed by atoms with Gasteiger partial charge in [0.2, 0.25) is 15.9 Å². The molecule has 1 aliphatic heterocycles. The van der Waals surface area contributed by atoms with E-state index in [0.717, 1.165) is 4.47 Å². The lowest BCUT2D eigenvalue weighted by atomic mass is 9.99. The van der Waals surface area contributed by atoms with Gasteiger partial charge in [0.05, 0.1) is 15.8 Å². The van der Waals surface area contributed by atoms with E-state index in [1.54, 1.807) is 30.3 Å². The minimum Gasteiger partial charge on any atom is -0.326 e. The number of sulfonamides is 1. The first kappa shape index (κ1) is 20.6. The maximum absolute atomic E-state index is 12.8. The number of rotatable bonds is 4. The molecule has 1 N–H and O–H groups in total. The van der Waals surface area contributed by atoms with E-state index in [9.17, 15) is 13.2 Å². The van der Waals surface area contributed by atoms with Crippen LogP contribution >= 0.6 is 39.1 Å². The highest BCUT2D eigenvalue weighted by Crippen LogP contribution is 2.28. The van der Waals surface area contributed by atoms with Crippen molar-refractivity contribution in [3.63, 3.8) is 0 Å². The molecule has 0 aromatic heterocycles. The van der Waals surface area contributed by atoms with Crippen LogP contribution in [0.15, 0.2) is 51.8 Å². The van der Waals surface area contributed by atoms with Gasteiger partial charge in [0.15, 0.2) is 0 Å². The Bertz CT molecular complexity index is 952. The molecule has 3 rings (SSSR count). The van der Waals surface area contributed by atoms with Gasteiger partial charge >= 0.3 is 0 Å². The van der Waals surface area contributed by atoms with Crippen LogP contribution in [0.1, 0.15) is 12.8 Å². The molecule has 1 aliphatic rings. The van der Waals surface area contributed by atoms with Gasteiger partial charge in [-0.3, -0.25) is 4.79 Å².